The molecule has 1 saturated heterocycles. The van der Waals surface area contributed by atoms with E-state index in [1.807, 2.05) is 17.3 Å². The molecule has 0 unspecified atom stereocenters. The third-order valence-corrected chi connectivity index (χ3v) is 2.81. The smallest absolute Gasteiger partial charge is 0.225 e. The van der Waals surface area contributed by atoms with Crippen LogP contribution in [0, 0.1) is 0 Å². The summed E-state index contributed by atoms with van der Waals surface area (Å²) in [6.45, 7) is 7.59. The molecule has 2 rings (SSSR count). The lowest BCUT2D eigenvalue weighted by molar-refractivity contribution is -0.116. The van der Waals surface area contributed by atoms with Crippen molar-refractivity contribution < 1.29 is 4.79 Å². The molecule has 0 aromatic carbocycles. The zero-order valence-corrected chi connectivity index (χ0v) is 10.0. The number of carbonyl (C=O) groups excluding carboxylic acids is 1. The van der Waals surface area contributed by atoms with Gasteiger partial charge in [-0.05, 0) is 11.0 Å². The van der Waals surface area contributed by atoms with Gasteiger partial charge in [0, 0.05) is 25.4 Å². The number of anilines is 1. The van der Waals surface area contributed by atoms with Gasteiger partial charge in [-0.1, -0.05) is 20.8 Å². The number of nitrogens with zero attached hydrogens (tertiary/aromatic N) is 3. The molecule has 0 atom stereocenters. The van der Waals surface area contributed by atoms with Gasteiger partial charge in [0.25, 0.3) is 0 Å². The third kappa shape index (κ3) is 2.21. The normalized spacial score (nSPS) is 16.9. The molecule has 0 bridgehead atoms. The van der Waals surface area contributed by atoms with E-state index in [2.05, 4.69) is 30.7 Å². The Bertz CT molecular complexity index is 392. The van der Waals surface area contributed by atoms with Crippen LogP contribution >= 0.6 is 0 Å². The second-order valence-electron chi connectivity index (χ2n) is 5.23. The first kappa shape index (κ1) is 11.0. The van der Waals surface area contributed by atoms with Gasteiger partial charge >= 0.3 is 0 Å². The summed E-state index contributed by atoms with van der Waals surface area (Å²) in [4.78, 5) is 21.7. The maximum atomic E-state index is 11.2. The Morgan fingerprint density at radius 3 is 2.31 bits per heavy atom. The molecule has 16 heavy (non-hydrogen) atoms. The van der Waals surface area contributed by atoms with Crippen LogP contribution in [-0.4, -0.2) is 28.8 Å². The van der Waals surface area contributed by atoms with Crippen molar-refractivity contribution in [2.24, 2.45) is 0 Å². The molecule has 0 radical (unpaired) electrons. The van der Waals surface area contributed by atoms with Crippen LogP contribution in [0.15, 0.2) is 12.4 Å². The van der Waals surface area contributed by atoms with Crippen LogP contribution in [0.3, 0.4) is 0 Å². The summed E-state index contributed by atoms with van der Waals surface area (Å²) >= 11 is 0. The molecule has 0 spiro atoms. The molecular formula is C12H17N3O. The summed E-state index contributed by atoms with van der Waals surface area (Å²) in [5, 5.41) is 0. The highest BCUT2D eigenvalue weighted by molar-refractivity contribution is 5.86. The van der Waals surface area contributed by atoms with Gasteiger partial charge in [-0.15, -0.1) is 0 Å². The van der Waals surface area contributed by atoms with Crippen molar-refractivity contribution in [3.8, 4) is 0 Å². The van der Waals surface area contributed by atoms with E-state index in [1.54, 1.807) is 0 Å². The minimum atomic E-state index is 0.0688. The van der Waals surface area contributed by atoms with Gasteiger partial charge in [-0.25, -0.2) is 9.97 Å². The van der Waals surface area contributed by atoms with Crippen molar-refractivity contribution in [3.05, 3.63) is 18.0 Å². The standard InChI is InChI=1S/C12H17N3O/c1-12(2,3)9-6-13-11(14-7-9)15-5-4-10(16)8-15/h6-7H,4-5,8H2,1-3H3. The summed E-state index contributed by atoms with van der Waals surface area (Å²) in [7, 11) is 0. The zero-order chi connectivity index (χ0) is 11.8. The van der Waals surface area contributed by atoms with Crippen molar-refractivity contribution >= 4 is 11.7 Å². The second kappa shape index (κ2) is 3.85. The maximum Gasteiger partial charge on any atom is 0.225 e. The van der Waals surface area contributed by atoms with Gasteiger partial charge in [-0.3, -0.25) is 4.79 Å². The average Bonchev–Trinajstić information content (AvgIpc) is 2.64. The number of rotatable bonds is 1. The van der Waals surface area contributed by atoms with E-state index in [0.717, 1.165) is 12.1 Å². The fraction of sp³-hybridized carbons (Fsp3) is 0.583. The van der Waals surface area contributed by atoms with E-state index < -0.39 is 0 Å². The van der Waals surface area contributed by atoms with Gasteiger partial charge in [-0.2, -0.15) is 0 Å². The molecule has 0 aliphatic carbocycles. The number of hydrogen-bond donors (Lipinski definition) is 0. The van der Waals surface area contributed by atoms with Crippen LogP contribution in [0.25, 0.3) is 0 Å². The first-order valence-electron chi connectivity index (χ1n) is 5.56. The predicted molar refractivity (Wildman–Crippen MR) is 62.6 cm³/mol. The van der Waals surface area contributed by atoms with Gasteiger partial charge in [0.2, 0.25) is 5.95 Å². The Morgan fingerprint density at radius 1 is 1.25 bits per heavy atom. The Balaban J connectivity index is 2.17. The lowest BCUT2D eigenvalue weighted by Gasteiger charge is -2.19. The monoisotopic (exact) mass is 219 g/mol. The molecule has 4 nitrogen and oxygen atoms in total. The lowest BCUT2D eigenvalue weighted by atomic mass is 9.89. The minimum absolute atomic E-state index is 0.0688. The van der Waals surface area contributed by atoms with Gasteiger partial charge in [0.15, 0.2) is 5.78 Å². The molecule has 0 N–H and O–H groups in total. The van der Waals surface area contributed by atoms with Gasteiger partial charge in [0.1, 0.15) is 0 Å². The summed E-state index contributed by atoms with van der Waals surface area (Å²) in [6, 6.07) is 0. The van der Waals surface area contributed by atoms with Crippen molar-refractivity contribution in [1.82, 2.24) is 9.97 Å². The quantitative estimate of drug-likeness (QED) is 0.719. The lowest BCUT2D eigenvalue weighted by Crippen LogP contribution is -2.22. The fourth-order valence-electron chi connectivity index (χ4n) is 1.67. The van der Waals surface area contributed by atoms with Gasteiger partial charge in [0.05, 0.1) is 6.54 Å². The molecule has 2 heterocycles. The van der Waals surface area contributed by atoms with Gasteiger partial charge < -0.3 is 4.90 Å². The van der Waals surface area contributed by atoms with Crippen molar-refractivity contribution in [3.63, 3.8) is 0 Å². The molecular weight excluding hydrogens is 202 g/mol. The van der Waals surface area contributed by atoms with Crippen molar-refractivity contribution in [2.75, 3.05) is 18.0 Å². The van der Waals surface area contributed by atoms with E-state index in [1.165, 1.54) is 0 Å². The first-order valence-corrected chi connectivity index (χ1v) is 5.56. The molecule has 1 aromatic rings. The second-order valence-corrected chi connectivity index (χ2v) is 5.23. The number of carbonyl (C=O) groups is 1. The summed E-state index contributed by atoms with van der Waals surface area (Å²) < 4.78 is 0. The highest BCUT2D eigenvalue weighted by Gasteiger charge is 2.22. The van der Waals surface area contributed by atoms with Crippen LogP contribution in [0.4, 0.5) is 5.95 Å². The van der Waals surface area contributed by atoms with E-state index in [-0.39, 0.29) is 11.2 Å². The Kier molecular flexibility index (Phi) is 2.66. The highest BCUT2D eigenvalue weighted by Crippen LogP contribution is 2.22. The molecule has 1 aliphatic rings. The Hall–Kier alpha value is -1.45. The van der Waals surface area contributed by atoms with E-state index in [0.29, 0.717) is 18.9 Å². The minimum Gasteiger partial charge on any atom is -0.333 e. The predicted octanol–water partition coefficient (Wildman–Crippen LogP) is 1.55. The fourth-order valence-corrected chi connectivity index (χ4v) is 1.67. The number of Topliss-reactive ketones (excluding diaryl/α,β-unsaturated/α-hetero) is 1. The van der Waals surface area contributed by atoms with Crippen LogP contribution in [0.1, 0.15) is 32.8 Å². The summed E-state index contributed by atoms with van der Waals surface area (Å²) in [5.74, 6) is 0.933. The van der Waals surface area contributed by atoms with Crippen LogP contribution < -0.4 is 4.90 Å². The molecule has 1 aliphatic heterocycles. The highest BCUT2D eigenvalue weighted by atomic mass is 16.1. The Morgan fingerprint density at radius 2 is 1.88 bits per heavy atom. The average molecular weight is 219 g/mol. The number of ketones is 1. The molecule has 1 aromatic heterocycles. The summed E-state index contributed by atoms with van der Waals surface area (Å²) in [6.07, 6.45) is 4.32. The van der Waals surface area contributed by atoms with Crippen molar-refractivity contribution in [2.45, 2.75) is 32.6 Å². The SMILES string of the molecule is CC(C)(C)c1cnc(N2CCC(=O)C2)nc1. The van der Waals surface area contributed by atoms with Crippen LogP contribution in [0.2, 0.25) is 0 Å². The number of hydrogen-bond acceptors (Lipinski definition) is 4. The largest absolute Gasteiger partial charge is 0.333 e. The molecule has 86 valence electrons. The van der Waals surface area contributed by atoms with Crippen LogP contribution in [-0.2, 0) is 10.2 Å². The molecule has 4 heteroatoms. The summed E-state index contributed by atoms with van der Waals surface area (Å²) in [5.41, 5.74) is 1.18. The topological polar surface area (TPSA) is 46.1 Å². The number of aromatic nitrogens is 2. The third-order valence-electron chi connectivity index (χ3n) is 2.81. The Labute approximate surface area is 95.7 Å². The zero-order valence-electron chi connectivity index (χ0n) is 10.0. The molecule has 0 saturated carbocycles. The van der Waals surface area contributed by atoms with E-state index in [9.17, 15) is 4.79 Å². The first-order chi connectivity index (χ1) is 7.47. The van der Waals surface area contributed by atoms with Crippen molar-refractivity contribution in [1.29, 1.82) is 0 Å². The van der Waals surface area contributed by atoms with Crippen LogP contribution in [0.5, 0.6) is 0 Å². The molecule has 0 amide bonds. The maximum absolute atomic E-state index is 11.2. The van der Waals surface area contributed by atoms with E-state index >= 15 is 0 Å². The van der Waals surface area contributed by atoms with E-state index in [4.69, 9.17) is 0 Å². The molecule has 1 fully saturated rings.